The van der Waals surface area contributed by atoms with Crippen molar-refractivity contribution in [3.05, 3.63) is 69.3 Å². The van der Waals surface area contributed by atoms with Crippen molar-refractivity contribution in [1.29, 1.82) is 0 Å². The van der Waals surface area contributed by atoms with Gasteiger partial charge in [0.25, 0.3) is 17.5 Å². The van der Waals surface area contributed by atoms with Gasteiger partial charge in [0.15, 0.2) is 0 Å². The Balaban J connectivity index is 1.73. The molecule has 1 aliphatic rings. The van der Waals surface area contributed by atoms with Gasteiger partial charge in [-0.1, -0.05) is 29.8 Å². The summed E-state index contributed by atoms with van der Waals surface area (Å²) < 4.78 is 0. The molecule has 3 rings (SSSR count). The summed E-state index contributed by atoms with van der Waals surface area (Å²) in [5, 5.41) is 11.0. The molecule has 9 nitrogen and oxygen atoms in total. The summed E-state index contributed by atoms with van der Waals surface area (Å²) in [5.41, 5.74) is 6.59. The highest BCUT2D eigenvalue weighted by Gasteiger charge is 2.40. The number of carbonyl (C=O) groups is 3. The van der Waals surface area contributed by atoms with Crippen molar-refractivity contribution in [3.8, 4) is 0 Å². The lowest BCUT2D eigenvalue weighted by Crippen LogP contribution is -2.48. The topological polar surface area (TPSA) is 122 Å². The van der Waals surface area contributed by atoms with E-state index in [4.69, 9.17) is 0 Å². The van der Waals surface area contributed by atoms with Crippen molar-refractivity contribution in [2.75, 3.05) is 4.90 Å². The van der Waals surface area contributed by atoms with Crippen LogP contribution in [0, 0.1) is 24.0 Å². The minimum atomic E-state index is -0.958. The van der Waals surface area contributed by atoms with Gasteiger partial charge in [0.1, 0.15) is 11.6 Å². The Morgan fingerprint density at radius 3 is 2.57 bits per heavy atom. The van der Waals surface area contributed by atoms with Crippen molar-refractivity contribution >= 4 is 29.1 Å². The Morgan fingerprint density at radius 2 is 1.89 bits per heavy atom. The van der Waals surface area contributed by atoms with E-state index < -0.39 is 28.7 Å². The molecule has 1 saturated heterocycles. The van der Waals surface area contributed by atoms with Gasteiger partial charge < -0.3 is 0 Å². The number of aryl methyl sites for hydroxylation is 2. The van der Waals surface area contributed by atoms with Crippen molar-refractivity contribution in [2.24, 2.45) is 0 Å². The van der Waals surface area contributed by atoms with Gasteiger partial charge in [-0.2, -0.15) is 0 Å². The number of hydrazine groups is 1. The van der Waals surface area contributed by atoms with E-state index >= 15 is 0 Å². The number of hydrogen-bond donors (Lipinski definition) is 2. The Kier molecular flexibility index (Phi) is 5.18. The summed E-state index contributed by atoms with van der Waals surface area (Å²) >= 11 is 0. The molecule has 0 spiro atoms. The minimum absolute atomic E-state index is 0.136. The summed E-state index contributed by atoms with van der Waals surface area (Å²) in [5.74, 6) is -1.66. The third-order valence-corrected chi connectivity index (χ3v) is 4.45. The molecular weight excluding hydrogens is 364 g/mol. The highest BCUT2D eigenvalue weighted by Crippen LogP contribution is 2.27. The van der Waals surface area contributed by atoms with E-state index in [1.165, 1.54) is 24.3 Å². The number of anilines is 1. The van der Waals surface area contributed by atoms with Gasteiger partial charge in [-0.25, -0.2) is 10.3 Å². The first-order valence-electron chi connectivity index (χ1n) is 8.53. The Hall–Kier alpha value is -3.59. The van der Waals surface area contributed by atoms with Crippen LogP contribution in [0.4, 0.5) is 11.4 Å². The van der Waals surface area contributed by atoms with Crippen LogP contribution in [0.3, 0.4) is 0 Å². The van der Waals surface area contributed by atoms with Crippen LogP contribution in [0.15, 0.2) is 42.5 Å². The van der Waals surface area contributed by atoms with Gasteiger partial charge in [0.2, 0.25) is 5.91 Å². The van der Waals surface area contributed by atoms with Crippen LogP contribution < -0.4 is 15.8 Å². The maximum atomic E-state index is 12.7. The molecule has 3 amide bonds. The Morgan fingerprint density at radius 1 is 1.18 bits per heavy atom. The SMILES string of the molecule is Cc1ccc(N2C(=O)CC(NNC(=O)c3ccccc3[N+](=O)[O-])C2=O)c(C)c1. The number of nitro groups is 1. The number of nitrogens with zero attached hydrogens (tertiary/aromatic N) is 2. The summed E-state index contributed by atoms with van der Waals surface area (Å²) in [4.78, 5) is 48.7. The third kappa shape index (κ3) is 3.60. The number of nitrogens with one attached hydrogen (secondary N) is 2. The van der Waals surface area contributed by atoms with E-state index in [-0.39, 0.29) is 17.7 Å². The van der Waals surface area contributed by atoms with Gasteiger partial charge in [-0.3, -0.25) is 29.9 Å². The number of carbonyl (C=O) groups excluding carboxylic acids is 3. The van der Waals surface area contributed by atoms with E-state index in [1.807, 2.05) is 13.0 Å². The number of benzene rings is 2. The van der Waals surface area contributed by atoms with E-state index in [9.17, 15) is 24.5 Å². The lowest BCUT2D eigenvalue weighted by Gasteiger charge is -2.18. The highest BCUT2D eigenvalue weighted by atomic mass is 16.6. The first kappa shape index (κ1) is 19.2. The van der Waals surface area contributed by atoms with Crippen LogP contribution in [-0.2, 0) is 9.59 Å². The Labute approximate surface area is 160 Å². The predicted octanol–water partition coefficient (Wildman–Crippen LogP) is 1.78. The zero-order valence-electron chi connectivity index (χ0n) is 15.3. The molecule has 2 aromatic rings. The second kappa shape index (κ2) is 7.57. The highest BCUT2D eigenvalue weighted by molar-refractivity contribution is 6.22. The average molecular weight is 382 g/mol. The van der Waals surface area contributed by atoms with Crippen LogP contribution >= 0.6 is 0 Å². The van der Waals surface area contributed by atoms with Crippen LogP contribution in [0.1, 0.15) is 27.9 Å². The number of nitro benzene ring substituents is 1. The van der Waals surface area contributed by atoms with Gasteiger partial charge in [-0.15, -0.1) is 0 Å². The largest absolute Gasteiger partial charge is 0.286 e. The number of imide groups is 1. The maximum absolute atomic E-state index is 12.7. The predicted molar refractivity (Wildman–Crippen MR) is 101 cm³/mol. The second-order valence-electron chi connectivity index (χ2n) is 6.49. The van der Waals surface area contributed by atoms with Crippen LogP contribution in [0.25, 0.3) is 0 Å². The smallest absolute Gasteiger partial charge is 0.282 e. The van der Waals surface area contributed by atoms with Gasteiger partial charge >= 0.3 is 0 Å². The summed E-state index contributed by atoms with van der Waals surface area (Å²) in [6.45, 7) is 3.72. The van der Waals surface area contributed by atoms with Crippen LogP contribution in [-0.4, -0.2) is 28.7 Å². The number of hydrogen-bond acceptors (Lipinski definition) is 6. The fourth-order valence-electron chi connectivity index (χ4n) is 3.10. The maximum Gasteiger partial charge on any atom is 0.282 e. The quantitative estimate of drug-likeness (QED) is 0.462. The summed E-state index contributed by atoms with van der Waals surface area (Å²) in [6.07, 6.45) is -0.136. The molecule has 1 unspecified atom stereocenters. The zero-order chi connectivity index (χ0) is 20.4. The van der Waals surface area contributed by atoms with E-state index in [1.54, 1.807) is 19.1 Å². The van der Waals surface area contributed by atoms with Crippen molar-refractivity contribution in [3.63, 3.8) is 0 Å². The van der Waals surface area contributed by atoms with Crippen molar-refractivity contribution in [2.45, 2.75) is 26.3 Å². The van der Waals surface area contributed by atoms with Gasteiger partial charge in [0, 0.05) is 6.07 Å². The molecule has 2 aromatic carbocycles. The zero-order valence-corrected chi connectivity index (χ0v) is 15.3. The van der Waals surface area contributed by atoms with Gasteiger partial charge in [-0.05, 0) is 31.5 Å². The number of rotatable bonds is 5. The molecular formula is C19H18N4O5. The number of amides is 3. The second-order valence-corrected chi connectivity index (χ2v) is 6.49. The minimum Gasteiger partial charge on any atom is -0.286 e. The molecule has 1 fully saturated rings. The Bertz CT molecular complexity index is 988. The summed E-state index contributed by atoms with van der Waals surface area (Å²) in [7, 11) is 0. The fraction of sp³-hybridized carbons (Fsp3) is 0.211. The molecule has 0 aromatic heterocycles. The van der Waals surface area contributed by atoms with Crippen LogP contribution in [0.2, 0.25) is 0 Å². The van der Waals surface area contributed by atoms with E-state index in [0.717, 1.165) is 16.0 Å². The molecule has 9 heteroatoms. The van der Waals surface area contributed by atoms with E-state index in [0.29, 0.717) is 5.69 Å². The molecule has 0 bridgehead atoms. The molecule has 0 aliphatic carbocycles. The lowest BCUT2D eigenvalue weighted by atomic mass is 10.1. The third-order valence-electron chi connectivity index (χ3n) is 4.45. The van der Waals surface area contributed by atoms with Crippen LogP contribution in [0.5, 0.6) is 0 Å². The molecule has 2 N–H and O–H groups in total. The fourth-order valence-corrected chi connectivity index (χ4v) is 3.10. The monoisotopic (exact) mass is 382 g/mol. The standard InChI is InChI=1S/C19H18N4O5/c1-11-7-8-15(12(2)9-11)22-17(24)10-14(19(22)26)20-21-18(25)13-5-3-4-6-16(13)23(27)28/h3-9,14,20H,10H2,1-2H3,(H,21,25). The first-order valence-corrected chi connectivity index (χ1v) is 8.53. The normalized spacial score (nSPS) is 16.4. The average Bonchev–Trinajstić information content (AvgIpc) is 2.93. The molecule has 0 radical (unpaired) electrons. The lowest BCUT2D eigenvalue weighted by molar-refractivity contribution is -0.385. The first-order chi connectivity index (χ1) is 13.3. The molecule has 0 saturated carbocycles. The van der Waals surface area contributed by atoms with Crippen molar-refractivity contribution < 1.29 is 19.3 Å². The summed E-state index contributed by atoms with van der Waals surface area (Å²) in [6, 6.07) is 9.87. The van der Waals surface area contributed by atoms with Crippen molar-refractivity contribution in [1.82, 2.24) is 10.9 Å². The van der Waals surface area contributed by atoms with E-state index in [2.05, 4.69) is 10.9 Å². The molecule has 1 heterocycles. The molecule has 28 heavy (non-hydrogen) atoms. The molecule has 1 atom stereocenters. The number of para-hydroxylation sites is 1. The molecule has 1 aliphatic heterocycles. The molecule has 144 valence electrons. The van der Waals surface area contributed by atoms with Gasteiger partial charge in [0.05, 0.1) is 17.0 Å².